The molecule has 1 N–H and O–H groups in total. The van der Waals surface area contributed by atoms with Crippen molar-refractivity contribution < 1.29 is 32.6 Å². The third kappa shape index (κ3) is 5.23. The second kappa shape index (κ2) is 9.93. The van der Waals surface area contributed by atoms with Crippen LogP contribution in [0.1, 0.15) is 56.1 Å². The summed E-state index contributed by atoms with van der Waals surface area (Å²) in [5.74, 6) is -1.97. The van der Waals surface area contributed by atoms with Gasteiger partial charge in [-0.15, -0.1) is 0 Å². The number of rotatable bonds is 4. The molecule has 1 aliphatic carbocycles. The van der Waals surface area contributed by atoms with Crippen LogP contribution in [-0.2, 0) is 11.0 Å². The molecule has 35 heavy (non-hydrogen) atoms. The smallest absolute Gasteiger partial charge is 0.440 e. The van der Waals surface area contributed by atoms with Gasteiger partial charge in [0.05, 0.1) is 28.5 Å². The number of carbonyl (C=O) groups is 2. The Hall–Kier alpha value is -3.62. The van der Waals surface area contributed by atoms with Crippen molar-refractivity contribution in [2.75, 3.05) is 0 Å². The van der Waals surface area contributed by atoms with Crippen molar-refractivity contribution >= 4 is 17.8 Å². The Balaban J connectivity index is 1.78. The zero-order valence-electron chi connectivity index (χ0n) is 19.1. The van der Waals surface area contributed by atoms with Gasteiger partial charge < -0.3 is 9.84 Å². The molecule has 1 atom stereocenters. The Morgan fingerprint density at radius 1 is 1.00 bits per heavy atom. The molecule has 0 radical (unpaired) electrons. The number of carboxylic acid groups (broad SMARTS) is 1. The van der Waals surface area contributed by atoms with E-state index in [9.17, 15) is 27.9 Å². The molecule has 2 aromatic carbocycles. The van der Waals surface area contributed by atoms with Gasteiger partial charge in [-0.3, -0.25) is 0 Å². The molecule has 9 heteroatoms. The van der Waals surface area contributed by atoms with E-state index < -0.39 is 29.7 Å². The lowest BCUT2D eigenvalue weighted by Gasteiger charge is -2.36. The van der Waals surface area contributed by atoms with Crippen molar-refractivity contribution in [3.63, 3.8) is 0 Å². The first kappa shape index (κ1) is 24.5. The van der Waals surface area contributed by atoms with Gasteiger partial charge in [0.15, 0.2) is 0 Å². The molecular formula is C26H25F3N2O4. The summed E-state index contributed by atoms with van der Waals surface area (Å²) in [4.78, 5) is 25.5. The maximum Gasteiger partial charge on any atom is 0.440 e. The molecule has 0 spiro atoms. The number of halogens is 3. The summed E-state index contributed by atoms with van der Waals surface area (Å²) < 4.78 is 44.8. The van der Waals surface area contributed by atoms with Gasteiger partial charge in [0.2, 0.25) is 0 Å². The first-order valence-electron chi connectivity index (χ1n) is 11.4. The summed E-state index contributed by atoms with van der Waals surface area (Å²) in [7, 11) is 0. The van der Waals surface area contributed by atoms with Gasteiger partial charge in [-0.25, -0.2) is 9.59 Å². The molecule has 184 valence electrons. The van der Waals surface area contributed by atoms with Gasteiger partial charge in [0, 0.05) is 5.92 Å². The molecule has 2 aromatic rings. The van der Waals surface area contributed by atoms with Crippen molar-refractivity contribution in [2.45, 2.75) is 51.1 Å². The fraction of sp³-hybridized carbons (Fsp3) is 0.346. The van der Waals surface area contributed by atoms with Crippen LogP contribution in [0.5, 0.6) is 5.75 Å². The fourth-order valence-electron chi connectivity index (χ4n) is 4.73. The molecule has 1 heterocycles. The Morgan fingerprint density at radius 3 is 2.20 bits per heavy atom. The van der Waals surface area contributed by atoms with Crippen molar-refractivity contribution in [1.29, 1.82) is 0 Å². The molecule has 4 rings (SSSR count). The third-order valence-corrected chi connectivity index (χ3v) is 6.45. The lowest BCUT2D eigenvalue weighted by atomic mass is 9.75. The number of alkyl halides is 3. The van der Waals surface area contributed by atoms with Gasteiger partial charge in [0.1, 0.15) is 5.75 Å². The summed E-state index contributed by atoms with van der Waals surface area (Å²) >= 11 is 0. The quantitative estimate of drug-likeness (QED) is 0.528. The number of hydrogen-bond donors (Lipinski definition) is 1. The van der Waals surface area contributed by atoms with E-state index in [1.165, 1.54) is 19.1 Å². The van der Waals surface area contributed by atoms with E-state index in [1.54, 1.807) is 30.3 Å². The molecule has 1 amide bonds. The van der Waals surface area contributed by atoms with Crippen LogP contribution in [0.2, 0.25) is 0 Å². The zero-order chi connectivity index (χ0) is 25.2. The number of hydrazone groups is 1. The number of para-hydroxylation sites is 1. The van der Waals surface area contributed by atoms with Crippen LogP contribution in [0.15, 0.2) is 71.0 Å². The number of allylic oxidation sites excluding steroid dienone is 1. The molecule has 1 saturated carbocycles. The highest BCUT2D eigenvalue weighted by molar-refractivity contribution is 6.06. The van der Waals surface area contributed by atoms with Crippen molar-refractivity contribution in [1.82, 2.24) is 5.01 Å². The number of carboxylic acids is 1. The summed E-state index contributed by atoms with van der Waals surface area (Å²) in [6, 6.07) is 12.8. The predicted octanol–water partition coefficient (Wildman–Crippen LogP) is 6.60. The second-order valence-corrected chi connectivity index (χ2v) is 8.71. The average molecular weight is 486 g/mol. The number of aliphatic carboxylic acids is 1. The van der Waals surface area contributed by atoms with E-state index in [0.29, 0.717) is 11.3 Å². The number of nitrogens with zero attached hydrogens (tertiary/aromatic N) is 2. The molecule has 2 aliphatic rings. The standard InChI is InChI=1S/C26H25F3N2O4/c1-16-21(24(32)33)22(17-12-14-19(15-13-17)26(27,28)29)23(18-8-4-2-5-9-18)30-31(16)25(34)35-20-10-6-3-7-11-20/h3,6-7,10-15,18,22H,2,4-5,8-9H2,1H3,(H,32,33). The van der Waals surface area contributed by atoms with Gasteiger partial charge >= 0.3 is 18.2 Å². The summed E-state index contributed by atoms with van der Waals surface area (Å²) in [5.41, 5.74) is -0.0280. The lowest BCUT2D eigenvalue weighted by Crippen LogP contribution is -2.40. The van der Waals surface area contributed by atoms with E-state index in [4.69, 9.17) is 4.74 Å². The maximum atomic E-state index is 13.1. The van der Waals surface area contributed by atoms with Crippen LogP contribution in [0.4, 0.5) is 18.0 Å². The minimum atomic E-state index is -4.51. The molecule has 6 nitrogen and oxygen atoms in total. The molecule has 1 unspecified atom stereocenters. The molecule has 1 aliphatic heterocycles. The SMILES string of the molecule is CC1=C(C(=O)O)C(c2ccc(C(F)(F)F)cc2)C(C2CCCCC2)=NN1C(=O)Oc1ccccc1. The number of hydrogen-bond acceptors (Lipinski definition) is 4. The van der Waals surface area contributed by atoms with Crippen LogP contribution < -0.4 is 4.74 Å². The Kier molecular flexibility index (Phi) is 6.95. The van der Waals surface area contributed by atoms with Crippen LogP contribution in [0.25, 0.3) is 0 Å². The highest BCUT2D eigenvalue weighted by atomic mass is 19.4. The first-order valence-corrected chi connectivity index (χ1v) is 11.4. The van der Waals surface area contributed by atoms with Gasteiger partial charge in [-0.2, -0.15) is 23.3 Å². The second-order valence-electron chi connectivity index (χ2n) is 8.71. The van der Waals surface area contributed by atoms with Crippen LogP contribution in [-0.4, -0.2) is 27.9 Å². The highest BCUT2D eigenvalue weighted by Gasteiger charge is 2.41. The molecular weight excluding hydrogens is 461 g/mol. The Morgan fingerprint density at radius 2 is 1.63 bits per heavy atom. The number of carbonyl (C=O) groups excluding carboxylic acids is 1. The zero-order valence-corrected chi connectivity index (χ0v) is 19.1. The number of ether oxygens (including phenoxy) is 1. The normalized spacial score (nSPS) is 19.4. The average Bonchev–Trinajstić information content (AvgIpc) is 2.84. The predicted molar refractivity (Wildman–Crippen MR) is 123 cm³/mol. The van der Waals surface area contributed by atoms with E-state index in [-0.39, 0.29) is 22.9 Å². The maximum absolute atomic E-state index is 13.1. The van der Waals surface area contributed by atoms with Crippen molar-refractivity contribution in [3.05, 3.63) is 77.0 Å². The molecule has 0 aromatic heterocycles. The van der Waals surface area contributed by atoms with E-state index in [0.717, 1.165) is 49.2 Å². The summed E-state index contributed by atoms with van der Waals surface area (Å²) in [5, 5.41) is 15.7. The van der Waals surface area contributed by atoms with Gasteiger partial charge in [-0.05, 0) is 49.6 Å². The molecule has 1 fully saturated rings. The molecule has 0 bridgehead atoms. The van der Waals surface area contributed by atoms with Gasteiger partial charge in [-0.1, -0.05) is 49.6 Å². The monoisotopic (exact) mass is 486 g/mol. The Labute approximate surface area is 200 Å². The topological polar surface area (TPSA) is 79.2 Å². The lowest BCUT2D eigenvalue weighted by molar-refractivity contribution is -0.137. The van der Waals surface area contributed by atoms with Crippen LogP contribution in [0, 0.1) is 5.92 Å². The summed E-state index contributed by atoms with van der Waals surface area (Å²) in [6.07, 6.45) is -0.981. The van der Waals surface area contributed by atoms with E-state index in [1.807, 2.05) is 0 Å². The minimum absolute atomic E-state index is 0.0582. The first-order chi connectivity index (χ1) is 16.7. The number of amides is 1. The minimum Gasteiger partial charge on any atom is -0.478 e. The van der Waals surface area contributed by atoms with Gasteiger partial charge in [0.25, 0.3) is 0 Å². The van der Waals surface area contributed by atoms with Crippen LogP contribution >= 0.6 is 0 Å². The highest BCUT2D eigenvalue weighted by Crippen LogP contribution is 2.41. The third-order valence-electron chi connectivity index (χ3n) is 6.45. The van der Waals surface area contributed by atoms with E-state index >= 15 is 0 Å². The van der Waals surface area contributed by atoms with Crippen molar-refractivity contribution in [2.24, 2.45) is 11.0 Å². The fourth-order valence-corrected chi connectivity index (χ4v) is 4.73. The summed E-state index contributed by atoms with van der Waals surface area (Å²) in [6.45, 7) is 1.45. The number of benzene rings is 2. The van der Waals surface area contributed by atoms with E-state index in [2.05, 4.69) is 5.10 Å². The van der Waals surface area contributed by atoms with Crippen LogP contribution in [0.3, 0.4) is 0 Å². The van der Waals surface area contributed by atoms with Crippen molar-refractivity contribution in [3.8, 4) is 5.75 Å². The Bertz CT molecular complexity index is 1150. The largest absolute Gasteiger partial charge is 0.478 e. The molecule has 0 saturated heterocycles.